The SMILES string of the molecule is CCCc1ccc(/C=N/NC(=O)c2cccc(OC)c2)cc1. The molecule has 114 valence electrons. The lowest BCUT2D eigenvalue weighted by Gasteiger charge is -2.03. The highest BCUT2D eigenvalue weighted by Crippen LogP contribution is 2.12. The number of aryl methyl sites for hydroxylation is 1. The molecule has 0 bridgehead atoms. The van der Waals surface area contributed by atoms with E-state index >= 15 is 0 Å². The molecule has 0 aliphatic heterocycles. The van der Waals surface area contributed by atoms with Crippen LogP contribution in [0.25, 0.3) is 0 Å². The van der Waals surface area contributed by atoms with Gasteiger partial charge in [-0.05, 0) is 35.7 Å². The molecule has 0 radical (unpaired) electrons. The van der Waals surface area contributed by atoms with E-state index in [1.54, 1.807) is 37.6 Å². The summed E-state index contributed by atoms with van der Waals surface area (Å²) in [5.41, 5.74) is 5.28. The van der Waals surface area contributed by atoms with E-state index in [0.717, 1.165) is 18.4 Å². The van der Waals surface area contributed by atoms with Gasteiger partial charge in [-0.25, -0.2) is 5.43 Å². The van der Waals surface area contributed by atoms with Gasteiger partial charge in [-0.15, -0.1) is 0 Å². The quantitative estimate of drug-likeness (QED) is 0.656. The zero-order valence-electron chi connectivity index (χ0n) is 12.9. The molecule has 4 heteroatoms. The number of rotatable bonds is 6. The number of carbonyl (C=O) groups is 1. The van der Waals surface area contributed by atoms with E-state index in [4.69, 9.17) is 4.74 Å². The third-order valence-electron chi connectivity index (χ3n) is 3.23. The van der Waals surface area contributed by atoms with Crippen molar-refractivity contribution < 1.29 is 9.53 Å². The summed E-state index contributed by atoms with van der Waals surface area (Å²) < 4.78 is 5.09. The molecule has 0 aliphatic rings. The minimum absolute atomic E-state index is 0.266. The number of amides is 1. The number of carbonyl (C=O) groups excluding carboxylic acids is 1. The first-order valence-corrected chi connectivity index (χ1v) is 7.29. The van der Waals surface area contributed by atoms with E-state index in [9.17, 15) is 4.79 Å². The van der Waals surface area contributed by atoms with Crippen LogP contribution in [0.2, 0.25) is 0 Å². The van der Waals surface area contributed by atoms with Gasteiger partial charge in [0.1, 0.15) is 5.75 Å². The summed E-state index contributed by atoms with van der Waals surface area (Å²) in [6.45, 7) is 2.16. The fourth-order valence-corrected chi connectivity index (χ4v) is 2.05. The zero-order chi connectivity index (χ0) is 15.8. The Labute approximate surface area is 130 Å². The van der Waals surface area contributed by atoms with Crippen molar-refractivity contribution in [3.05, 3.63) is 65.2 Å². The Morgan fingerprint density at radius 1 is 1.23 bits per heavy atom. The van der Waals surface area contributed by atoms with Crippen LogP contribution in [0.3, 0.4) is 0 Å². The molecule has 0 heterocycles. The van der Waals surface area contributed by atoms with Gasteiger partial charge in [0, 0.05) is 5.56 Å². The summed E-state index contributed by atoms with van der Waals surface area (Å²) in [5.74, 6) is 0.376. The molecule has 0 aliphatic carbocycles. The second-order valence-corrected chi connectivity index (χ2v) is 4.92. The van der Waals surface area contributed by atoms with Crippen LogP contribution in [-0.4, -0.2) is 19.2 Å². The Hall–Kier alpha value is -2.62. The Bertz CT molecular complexity index is 648. The second kappa shape index (κ2) is 7.98. The molecule has 22 heavy (non-hydrogen) atoms. The monoisotopic (exact) mass is 296 g/mol. The number of benzene rings is 2. The van der Waals surface area contributed by atoms with Crippen molar-refractivity contribution in [1.82, 2.24) is 5.43 Å². The van der Waals surface area contributed by atoms with E-state index < -0.39 is 0 Å². The summed E-state index contributed by atoms with van der Waals surface area (Å²) in [5, 5.41) is 3.98. The molecule has 2 aromatic rings. The number of hydrogen-bond donors (Lipinski definition) is 1. The van der Waals surface area contributed by atoms with Crippen molar-refractivity contribution in [2.24, 2.45) is 5.10 Å². The third-order valence-corrected chi connectivity index (χ3v) is 3.23. The lowest BCUT2D eigenvalue weighted by atomic mass is 10.1. The first kappa shape index (κ1) is 15.8. The summed E-state index contributed by atoms with van der Waals surface area (Å²) in [6.07, 6.45) is 3.84. The van der Waals surface area contributed by atoms with E-state index in [-0.39, 0.29) is 5.91 Å². The molecule has 4 nitrogen and oxygen atoms in total. The van der Waals surface area contributed by atoms with E-state index in [1.807, 2.05) is 12.1 Å². The molecule has 0 saturated heterocycles. The molecule has 1 amide bonds. The van der Waals surface area contributed by atoms with E-state index in [1.165, 1.54) is 5.56 Å². The molecular formula is C18H20N2O2. The highest BCUT2D eigenvalue weighted by molar-refractivity contribution is 5.95. The fourth-order valence-electron chi connectivity index (χ4n) is 2.05. The predicted octanol–water partition coefficient (Wildman–Crippen LogP) is 3.41. The Morgan fingerprint density at radius 3 is 2.68 bits per heavy atom. The van der Waals surface area contributed by atoms with Crippen LogP contribution < -0.4 is 10.2 Å². The molecule has 0 atom stereocenters. The fraction of sp³-hybridized carbons (Fsp3) is 0.222. The molecule has 0 saturated carbocycles. The predicted molar refractivity (Wildman–Crippen MR) is 88.5 cm³/mol. The maximum atomic E-state index is 12.0. The van der Waals surface area contributed by atoms with Crippen LogP contribution in [0.5, 0.6) is 5.75 Å². The molecule has 0 spiro atoms. The Kier molecular flexibility index (Phi) is 5.72. The number of methoxy groups -OCH3 is 1. The highest BCUT2D eigenvalue weighted by Gasteiger charge is 2.04. The first-order chi connectivity index (χ1) is 10.7. The van der Waals surface area contributed by atoms with Gasteiger partial charge in [-0.1, -0.05) is 43.7 Å². The molecule has 0 aromatic heterocycles. The second-order valence-electron chi connectivity index (χ2n) is 4.92. The van der Waals surface area contributed by atoms with Gasteiger partial charge in [0.25, 0.3) is 5.91 Å². The minimum atomic E-state index is -0.266. The van der Waals surface area contributed by atoms with Crippen LogP contribution in [0, 0.1) is 0 Å². The van der Waals surface area contributed by atoms with Crippen LogP contribution in [0.4, 0.5) is 0 Å². The normalized spacial score (nSPS) is 10.6. The van der Waals surface area contributed by atoms with Gasteiger partial charge in [-0.3, -0.25) is 4.79 Å². The van der Waals surface area contributed by atoms with Gasteiger partial charge >= 0.3 is 0 Å². The average molecular weight is 296 g/mol. The Morgan fingerprint density at radius 2 is 2.00 bits per heavy atom. The van der Waals surface area contributed by atoms with Crippen LogP contribution in [-0.2, 0) is 6.42 Å². The van der Waals surface area contributed by atoms with E-state index in [2.05, 4.69) is 29.6 Å². The molecular weight excluding hydrogens is 276 g/mol. The first-order valence-electron chi connectivity index (χ1n) is 7.29. The van der Waals surface area contributed by atoms with Crippen molar-refractivity contribution in [1.29, 1.82) is 0 Å². The van der Waals surface area contributed by atoms with Gasteiger partial charge < -0.3 is 4.74 Å². The van der Waals surface area contributed by atoms with Crippen molar-refractivity contribution >= 4 is 12.1 Å². The number of nitrogens with one attached hydrogen (secondary N) is 1. The summed E-state index contributed by atoms with van der Waals surface area (Å²) in [4.78, 5) is 12.0. The maximum Gasteiger partial charge on any atom is 0.271 e. The van der Waals surface area contributed by atoms with Crippen molar-refractivity contribution in [3.63, 3.8) is 0 Å². The van der Waals surface area contributed by atoms with Gasteiger partial charge in [0.05, 0.1) is 13.3 Å². The maximum absolute atomic E-state index is 12.0. The van der Waals surface area contributed by atoms with Gasteiger partial charge in [-0.2, -0.15) is 5.10 Å². The lowest BCUT2D eigenvalue weighted by Crippen LogP contribution is -2.17. The van der Waals surface area contributed by atoms with Crippen LogP contribution >= 0.6 is 0 Å². The average Bonchev–Trinajstić information content (AvgIpc) is 2.56. The van der Waals surface area contributed by atoms with Gasteiger partial charge in [0.15, 0.2) is 0 Å². The number of nitrogens with zero attached hydrogens (tertiary/aromatic N) is 1. The van der Waals surface area contributed by atoms with E-state index in [0.29, 0.717) is 11.3 Å². The number of hydrogen-bond acceptors (Lipinski definition) is 3. The largest absolute Gasteiger partial charge is 0.497 e. The third kappa shape index (κ3) is 4.45. The summed E-state index contributed by atoms with van der Waals surface area (Å²) in [7, 11) is 1.57. The van der Waals surface area contributed by atoms with Crippen LogP contribution in [0.15, 0.2) is 53.6 Å². The van der Waals surface area contributed by atoms with Gasteiger partial charge in [0.2, 0.25) is 0 Å². The van der Waals surface area contributed by atoms with Crippen molar-refractivity contribution in [2.45, 2.75) is 19.8 Å². The smallest absolute Gasteiger partial charge is 0.271 e. The molecule has 1 N–H and O–H groups in total. The molecule has 0 fully saturated rings. The lowest BCUT2D eigenvalue weighted by molar-refractivity contribution is 0.0955. The zero-order valence-corrected chi connectivity index (χ0v) is 12.9. The highest BCUT2D eigenvalue weighted by atomic mass is 16.5. The minimum Gasteiger partial charge on any atom is -0.497 e. The van der Waals surface area contributed by atoms with Crippen molar-refractivity contribution in [3.8, 4) is 5.75 Å². The molecule has 2 rings (SSSR count). The molecule has 0 unspecified atom stereocenters. The molecule has 2 aromatic carbocycles. The van der Waals surface area contributed by atoms with Crippen LogP contribution in [0.1, 0.15) is 34.8 Å². The topological polar surface area (TPSA) is 50.7 Å². The summed E-state index contributed by atoms with van der Waals surface area (Å²) in [6, 6.07) is 15.1. The summed E-state index contributed by atoms with van der Waals surface area (Å²) >= 11 is 0. The number of hydrazone groups is 1. The standard InChI is InChI=1S/C18H20N2O2/c1-3-5-14-8-10-15(11-9-14)13-19-20-18(21)16-6-4-7-17(12-16)22-2/h4,6-13H,3,5H2,1-2H3,(H,20,21)/b19-13+. The Balaban J connectivity index is 1.94. The number of ether oxygens (including phenoxy) is 1. The van der Waals surface area contributed by atoms with Crippen molar-refractivity contribution in [2.75, 3.05) is 7.11 Å².